The first-order chi connectivity index (χ1) is 14.3. The van der Waals surface area contributed by atoms with Crippen molar-refractivity contribution >= 4 is 39.2 Å². The third-order valence-corrected chi connectivity index (χ3v) is 6.35. The van der Waals surface area contributed by atoms with Gasteiger partial charge in [-0.2, -0.15) is 4.31 Å². The highest BCUT2D eigenvalue weighted by Crippen LogP contribution is 2.38. The van der Waals surface area contributed by atoms with Gasteiger partial charge in [0, 0.05) is 6.07 Å². The van der Waals surface area contributed by atoms with Crippen molar-refractivity contribution in [3.63, 3.8) is 0 Å². The molecule has 4 rings (SSSR count). The number of aromatic nitrogens is 1. The topological polar surface area (TPSA) is 113 Å². The Balaban J connectivity index is 1.75. The zero-order chi connectivity index (χ0) is 21.5. The molecule has 2 aromatic carbocycles. The van der Waals surface area contributed by atoms with Crippen molar-refractivity contribution in [1.82, 2.24) is 5.16 Å². The zero-order valence-electron chi connectivity index (χ0n) is 16.2. The van der Waals surface area contributed by atoms with Gasteiger partial charge in [-0.25, -0.2) is 13.2 Å². The molecule has 0 unspecified atom stereocenters. The minimum atomic E-state index is -4.15. The molecule has 1 aliphatic rings. The van der Waals surface area contributed by atoms with Gasteiger partial charge >= 0.3 is 6.03 Å². The number of nitrogens with zero attached hydrogens (tertiary/aromatic N) is 3. The number of urea groups is 1. The van der Waals surface area contributed by atoms with Gasteiger partial charge in [-0.3, -0.25) is 9.69 Å². The summed E-state index contributed by atoms with van der Waals surface area (Å²) in [7, 11) is -4.15. The number of benzene rings is 2. The highest BCUT2D eigenvalue weighted by molar-refractivity contribution is 7.94. The maximum absolute atomic E-state index is 13.3. The second kappa shape index (κ2) is 7.30. The van der Waals surface area contributed by atoms with Crippen LogP contribution in [0.25, 0.3) is 0 Å². The van der Waals surface area contributed by atoms with Crippen LogP contribution in [0.5, 0.6) is 0 Å². The van der Waals surface area contributed by atoms with E-state index >= 15 is 0 Å². The van der Waals surface area contributed by atoms with E-state index in [1.807, 2.05) is 0 Å². The van der Waals surface area contributed by atoms with Crippen molar-refractivity contribution in [2.75, 3.05) is 21.1 Å². The van der Waals surface area contributed by atoms with Crippen molar-refractivity contribution in [1.29, 1.82) is 0 Å². The summed E-state index contributed by atoms with van der Waals surface area (Å²) in [5, 5.41) is 6.24. The number of aryl methyl sites for hydroxylation is 2. The first-order valence-corrected chi connectivity index (χ1v) is 10.5. The molecule has 2 heterocycles. The predicted molar refractivity (Wildman–Crippen MR) is 110 cm³/mol. The largest absolute Gasteiger partial charge is 0.360 e. The molecular formula is C20H18N4O5S. The smallest absolute Gasteiger partial charge is 0.343 e. The molecule has 0 aliphatic carbocycles. The molecular weight excluding hydrogens is 408 g/mol. The van der Waals surface area contributed by atoms with Gasteiger partial charge in [0.15, 0.2) is 5.82 Å². The number of carbonyl (C=O) groups excluding carboxylic acids is 2. The number of hydrogen-bond donors (Lipinski definition) is 1. The first kappa shape index (κ1) is 19.6. The highest BCUT2D eigenvalue weighted by Gasteiger charge is 2.43. The molecule has 154 valence electrons. The lowest BCUT2D eigenvalue weighted by atomic mass is 10.2. The Labute approximate surface area is 172 Å². The van der Waals surface area contributed by atoms with Crippen LogP contribution in [0.2, 0.25) is 0 Å². The SMILES string of the molecule is Cc1cc(NC(=O)CN2C(=O)N(c3ccccc3C)S(=O)(=O)c3ccccc32)no1. The third-order valence-electron chi connectivity index (χ3n) is 4.61. The lowest BCUT2D eigenvalue weighted by molar-refractivity contribution is -0.114. The molecule has 0 saturated heterocycles. The molecule has 1 aromatic heterocycles. The average Bonchev–Trinajstić information content (AvgIpc) is 3.11. The van der Waals surface area contributed by atoms with Crippen LogP contribution in [-0.4, -0.2) is 32.1 Å². The molecule has 0 atom stereocenters. The molecule has 0 radical (unpaired) electrons. The zero-order valence-corrected chi connectivity index (χ0v) is 17.0. The third kappa shape index (κ3) is 3.30. The van der Waals surface area contributed by atoms with Crippen LogP contribution in [0.3, 0.4) is 0 Å². The van der Waals surface area contributed by atoms with E-state index in [1.165, 1.54) is 18.2 Å². The number of nitrogens with one attached hydrogen (secondary N) is 1. The van der Waals surface area contributed by atoms with Crippen molar-refractivity contribution in [2.24, 2.45) is 0 Å². The lowest BCUT2D eigenvalue weighted by Gasteiger charge is -2.36. The van der Waals surface area contributed by atoms with Crippen molar-refractivity contribution in [3.05, 3.63) is 65.9 Å². The quantitative estimate of drug-likeness (QED) is 0.686. The fourth-order valence-electron chi connectivity index (χ4n) is 3.24. The molecule has 1 aliphatic heterocycles. The number of carbonyl (C=O) groups is 2. The minimum Gasteiger partial charge on any atom is -0.360 e. The van der Waals surface area contributed by atoms with E-state index in [2.05, 4.69) is 10.5 Å². The minimum absolute atomic E-state index is 0.0575. The second-order valence-corrected chi connectivity index (χ2v) is 8.52. The molecule has 0 spiro atoms. The van der Waals surface area contributed by atoms with E-state index in [4.69, 9.17) is 4.52 Å². The Hall–Kier alpha value is -3.66. The molecule has 0 fully saturated rings. The van der Waals surface area contributed by atoms with Crippen LogP contribution in [0.15, 0.2) is 64.0 Å². The summed E-state index contributed by atoms with van der Waals surface area (Å²) in [6, 6.07) is 13.4. The van der Waals surface area contributed by atoms with Gasteiger partial charge in [-0.15, -0.1) is 0 Å². The van der Waals surface area contributed by atoms with Crippen LogP contribution in [0.4, 0.5) is 22.0 Å². The fraction of sp³-hybridized carbons (Fsp3) is 0.150. The molecule has 0 saturated carbocycles. The van der Waals surface area contributed by atoms with E-state index in [-0.39, 0.29) is 22.1 Å². The van der Waals surface area contributed by atoms with Gasteiger partial charge < -0.3 is 9.84 Å². The van der Waals surface area contributed by atoms with Gasteiger partial charge in [0.2, 0.25) is 5.91 Å². The summed E-state index contributed by atoms with van der Waals surface area (Å²) in [5.41, 5.74) is 0.977. The van der Waals surface area contributed by atoms with Gasteiger partial charge in [-0.1, -0.05) is 35.5 Å². The molecule has 9 nitrogen and oxygen atoms in total. The van der Waals surface area contributed by atoms with E-state index in [0.717, 1.165) is 9.21 Å². The molecule has 1 N–H and O–H groups in total. The summed E-state index contributed by atoms with van der Waals surface area (Å²) < 4.78 is 32.1. The Morgan fingerprint density at radius 2 is 1.73 bits per heavy atom. The molecule has 3 amide bonds. The van der Waals surface area contributed by atoms with Crippen molar-refractivity contribution < 1.29 is 22.5 Å². The summed E-state index contributed by atoms with van der Waals surface area (Å²) in [5.74, 6) is 0.177. The van der Waals surface area contributed by atoms with Crippen molar-refractivity contribution in [2.45, 2.75) is 18.7 Å². The van der Waals surface area contributed by atoms with Gasteiger partial charge in [0.05, 0.1) is 11.4 Å². The summed E-state index contributed by atoms with van der Waals surface area (Å²) in [4.78, 5) is 26.9. The van der Waals surface area contributed by atoms with Gasteiger partial charge in [-0.05, 0) is 37.6 Å². The number of amides is 3. The molecule has 3 aromatic rings. The van der Waals surface area contributed by atoms with Gasteiger partial charge in [0.25, 0.3) is 10.0 Å². The van der Waals surface area contributed by atoms with Crippen LogP contribution in [0, 0.1) is 13.8 Å². The first-order valence-electron chi connectivity index (χ1n) is 9.03. The normalized spacial score (nSPS) is 15.1. The van der Waals surface area contributed by atoms with Crippen LogP contribution < -0.4 is 14.5 Å². The highest BCUT2D eigenvalue weighted by atomic mass is 32.2. The average molecular weight is 426 g/mol. The van der Waals surface area contributed by atoms with E-state index in [0.29, 0.717) is 11.3 Å². The van der Waals surface area contributed by atoms with Crippen LogP contribution >= 0.6 is 0 Å². The monoisotopic (exact) mass is 426 g/mol. The number of sulfonamides is 1. The van der Waals surface area contributed by atoms with Crippen LogP contribution in [0.1, 0.15) is 11.3 Å². The number of rotatable bonds is 4. The van der Waals surface area contributed by atoms with Gasteiger partial charge in [0.1, 0.15) is 17.2 Å². The Kier molecular flexibility index (Phi) is 4.78. The number of para-hydroxylation sites is 2. The van der Waals surface area contributed by atoms with E-state index < -0.39 is 28.5 Å². The summed E-state index contributed by atoms with van der Waals surface area (Å²) in [6.45, 7) is 2.99. The molecule has 30 heavy (non-hydrogen) atoms. The number of fused-ring (bicyclic) bond motifs is 1. The van der Waals surface area contributed by atoms with E-state index in [9.17, 15) is 18.0 Å². The Morgan fingerprint density at radius 3 is 2.40 bits per heavy atom. The molecule has 10 heteroatoms. The maximum atomic E-state index is 13.3. The predicted octanol–water partition coefficient (Wildman–Crippen LogP) is 3.07. The van der Waals surface area contributed by atoms with E-state index in [1.54, 1.807) is 50.2 Å². The summed E-state index contributed by atoms with van der Waals surface area (Å²) in [6.07, 6.45) is 0. The number of anilines is 3. The second-order valence-electron chi connectivity index (χ2n) is 6.76. The van der Waals surface area contributed by atoms with Crippen molar-refractivity contribution in [3.8, 4) is 0 Å². The number of hydrogen-bond acceptors (Lipinski definition) is 6. The lowest BCUT2D eigenvalue weighted by Crippen LogP contribution is -2.53. The maximum Gasteiger partial charge on any atom is 0.343 e. The Morgan fingerprint density at radius 1 is 1.07 bits per heavy atom. The molecule has 0 bridgehead atoms. The summed E-state index contributed by atoms with van der Waals surface area (Å²) >= 11 is 0. The standard InChI is InChI=1S/C20H18N4O5S/c1-13-7-3-4-8-15(13)24-20(26)23(12-19(25)21-18-11-14(2)29-22-18)16-9-5-6-10-17(16)30(24,27)28/h3-11H,12H2,1-2H3,(H,21,22,25). The van der Waals surface area contributed by atoms with Crippen LogP contribution in [-0.2, 0) is 14.8 Å². The Bertz CT molecular complexity index is 1250. The fourth-order valence-corrected chi connectivity index (χ4v) is 4.90.